The van der Waals surface area contributed by atoms with Crippen molar-refractivity contribution in [3.8, 4) is 0 Å². The molecule has 0 heterocycles. The highest BCUT2D eigenvalue weighted by molar-refractivity contribution is 7.87. The normalized spacial score (nSPS) is 13.6. The van der Waals surface area contributed by atoms with Gasteiger partial charge in [-0.3, -0.25) is 9.59 Å². The molecule has 0 bridgehead atoms. The third kappa shape index (κ3) is 6.81. The van der Waals surface area contributed by atoms with Gasteiger partial charge < -0.3 is 10.2 Å². The Bertz CT molecular complexity index is 804. The molecule has 144 valence electrons. The van der Waals surface area contributed by atoms with E-state index >= 15 is 0 Å². The molecular formula is C18H20N2O6S. The van der Waals surface area contributed by atoms with Crippen molar-refractivity contribution in [2.24, 2.45) is 0 Å². The van der Waals surface area contributed by atoms with E-state index in [9.17, 15) is 28.2 Å². The monoisotopic (exact) mass is 392 g/mol. The Balaban J connectivity index is 2.09. The van der Waals surface area contributed by atoms with Gasteiger partial charge in [0.2, 0.25) is 0 Å². The van der Waals surface area contributed by atoms with E-state index < -0.39 is 34.2 Å². The molecular weight excluding hydrogens is 372 g/mol. The van der Waals surface area contributed by atoms with E-state index in [1.165, 1.54) is 0 Å². The van der Waals surface area contributed by atoms with Crippen LogP contribution < -0.4 is 9.44 Å². The van der Waals surface area contributed by atoms with Gasteiger partial charge in [-0.2, -0.15) is 17.9 Å². The van der Waals surface area contributed by atoms with Gasteiger partial charge in [0.25, 0.3) is 10.2 Å². The van der Waals surface area contributed by atoms with Crippen LogP contribution in [-0.2, 0) is 32.6 Å². The number of hydrogen-bond donors (Lipinski definition) is 4. The number of aliphatic carboxylic acids is 2. The smallest absolute Gasteiger partial charge is 0.322 e. The topological polar surface area (TPSA) is 133 Å². The van der Waals surface area contributed by atoms with Crippen molar-refractivity contribution >= 4 is 22.1 Å². The summed E-state index contributed by atoms with van der Waals surface area (Å²) in [6.07, 6.45) is -0.152. The lowest BCUT2D eigenvalue weighted by molar-refractivity contribution is -0.139. The molecule has 0 spiro atoms. The van der Waals surface area contributed by atoms with Gasteiger partial charge in [-0.1, -0.05) is 60.7 Å². The minimum atomic E-state index is -4.37. The second kappa shape index (κ2) is 9.26. The molecule has 0 aromatic heterocycles. The van der Waals surface area contributed by atoms with Crippen LogP contribution in [0.3, 0.4) is 0 Å². The summed E-state index contributed by atoms with van der Waals surface area (Å²) in [7, 11) is -4.37. The molecule has 27 heavy (non-hydrogen) atoms. The molecule has 9 heteroatoms. The lowest BCUT2D eigenvalue weighted by atomic mass is 10.1. The Kier molecular flexibility index (Phi) is 7.05. The van der Waals surface area contributed by atoms with Crippen molar-refractivity contribution in [1.29, 1.82) is 0 Å². The molecule has 0 saturated heterocycles. The van der Waals surface area contributed by atoms with E-state index in [4.69, 9.17) is 0 Å². The average molecular weight is 392 g/mol. The molecule has 0 radical (unpaired) electrons. The van der Waals surface area contributed by atoms with E-state index in [-0.39, 0.29) is 12.8 Å². The van der Waals surface area contributed by atoms with E-state index in [1.807, 2.05) is 9.44 Å². The fourth-order valence-electron chi connectivity index (χ4n) is 2.47. The lowest BCUT2D eigenvalue weighted by Gasteiger charge is -2.19. The van der Waals surface area contributed by atoms with E-state index in [0.717, 1.165) is 0 Å². The molecule has 2 rings (SSSR count). The predicted octanol–water partition coefficient (Wildman–Crippen LogP) is 0.802. The minimum absolute atomic E-state index is 0.0759. The summed E-state index contributed by atoms with van der Waals surface area (Å²) < 4.78 is 28.6. The van der Waals surface area contributed by atoms with Crippen LogP contribution in [0.15, 0.2) is 60.7 Å². The van der Waals surface area contributed by atoms with Crippen molar-refractivity contribution in [3.05, 3.63) is 71.8 Å². The highest BCUT2D eigenvalue weighted by Crippen LogP contribution is 2.07. The third-order valence-corrected chi connectivity index (χ3v) is 4.95. The fraction of sp³-hybridized carbons (Fsp3) is 0.222. The summed E-state index contributed by atoms with van der Waals surface area (Å²) in [6, 6.07) is 14.2. The standard InChI is InChI=1S/C18H20N2O6S/c21-17(22)15(11-13-7-3-1-4-8-13)19-27(25,26)20-16(18(23)24)12-14-9-5-2-6-10-14/h1-10,15-16,19-20H,11-12H2,(H,21,22)(H,23,24)/t15-,16-/m0/s1. The molecule has 0 aliphatic rings. The van der Waals surface area contributed by atoms with Gasteiger partial charge in [0.15, 0.2) is 0 Å². The van der Waals surface area contributed by atoms with Crippen LogP contribution in [0.4, 0.5) is 0 Å². The molecule has 0 unspecified atom stereocenters. The summed E-state index contributed by atoms with van der Waals surface area (Å²) >= 11 is 0. The predicted molar refractivity (Wildman–Crippen MR) is 98.3 cm³/mol. The zero-order chi connectivity index (χ0) is 19.9. The van der Waals surface area contributed by atoms with Crippen LogP contribution in [-0.4, -0.2) is 42.7 Å². The van der Waals surface area contributed by atoms with Gasteiger partial charge in [-0.25, -0.2) is 0 Å². The first-order chi connectivity index (χ1) is 12.8. The van der Waals surface area contributed by atoms with Crippen molar-refractivity contribution in [1.82, 2.24) is 9.44 Å². The molecule has 2 aromatic carbocycles. The van der Waals surface area contributed by atoms with E-state index in [0.29, 0.717) is 11.1 Å². The number of rotatable bonds is 10. The van der Waals surface area contributed by atoms with Crippen LogP contribution in [0.25, 0.3) is 0 Å². The molecule has 0 aliphatic carbocycles. The van der Waals surface area contributed by atoms with Crippen LogP contribution >= 0.6 is 0 Å². The van der Waals surface area contributed by atoms with Crippen molar-refractivity contribution in [2.45, 2.75) is 24.9 Å². The molecule has 0 amide bonds. The Hall–Kier alpha value is -2.75. The zero-order valence-electron chi connectivity index (χ0n) is 14.3. The zero-order valence-corrected chi connectivity index (χ0v) is 15.1. The maximum absolute atomic E-state index is 12.3. The Morgan fingerprint density at radius 3 is 1.37 bits per heavy atom. The third-order valence-electron chi connectivity index (χ3n) is 3.76. The SMILES string of the molecule is O=C(O)[C@H](Cc1ccccc1)NS(=O)(=O)N[C@@H](Cc1ccccc1)C(=O)O. The first-order valence-electron chi connectivity index (χ1n) is 8.10. The van der Waals surface area contributed by atoms with Crippen LogP contribution in [0, 0.1) is 0 Å². The minimum Gasteiger partial charge on any atom is -0.480 e. The maximum Gasteiger partial charge on any atom is 0.322 e. The number of benzene rings is 2. The van der Waals surface area contributed by atoms with Gasteiger partial charge in [0.1, 0.15) is 12.1 Å². The number of carbonyl (C=O) groups is 2. The summed E-state index contributed by atoms with van der Waals surface area (Å²) in [5.74, 6) is -2.72. The van der Waals surface area contributed by atoms with Gasteiger partial charge >= 0.3 is 11.9 Å². The fourth-order valence-corrected chi connectivity index (χ4v) is 3.65. The molecule has 2 aromatic rings. The lowest BCUT2D eigenvalue weighted by Crippen LogP contribution is -2.52. The van der Waals surface area contributed by atoms with Crippen LogP contribution in [0.2, 0.25) is 0 Å². The quantitative estimate of drug-likeness (QED) is 0.473. The first kappa shape index (κ1) is 20.6. The molecule has 4 N–H and O–H groups in total. The second-order valence-corrected chi connectivity index (χ2v) is 7.38. The first-order valence-corrected chi connectivity index (χ1v) is 9.58. The Morgan fingerprint density at radius 1 is 0.741 bits per heavy atom. The van der Waals surface area contributed by atoms with E-state index in [2.05, 4.69) is 0 Å². The molecule has 0 fully saturated rings. The summed E-state index contributed by atoms with van der Waals surface area (Å²) in [5, 5.41) is 18.6. The summed E-state index contributed by atoms with van der Waals surface area (Å²) in [5.41, 5.74) is 1.26. The van der Waals surface area contributed by atoms with Gasteiger partial charge in [0, 0.05) is 0 Å². The van der Waals surface area contributed by atoms with Crippen LogP contribution in [0.1, 0.15) is 11.1 Å². The van der Waals surface area contributed by atoms with Crippen molar-refractivity contribution in [2.75, 3.05) is 0 Å². The number of carboxylic acids is 2. The molecule has 8 nitrogen and oxygen atoms in total. The van der Waals surface area contributed by atoms with Gasteiger partial charge in [0.05, 0.1) is 0 Å². The second-order valence-electron chi connectivity index (χ2n) is 5.90. The van der Waals surface area contributed by atoms with Crippen molar-refractivity contribution < 1.29 is 28.2 Å². The Morgan fingerprint density at radius 2 is 1.07 bits per heavy atom. The average Bonchev–Trinajstić information content (AvgIpc) is 2.62. The molecule has 2 atom stereocenters. The van der Waals surface area contributed by atoms with Gasteiger partial charge in [-0.15, -0.1) is 0 Å². The summed E-state index contributed by atoms with van der Waals surface area (Å²) in [6.45, 7) is 0. The van der Waals surface area contributed by atoms with Gasteiger partial charge in [-0.05, 0) is 24.0 Å². The molecule has 0 saturated carbocycles. The van der Waals surface area contributed by atoms with Crippen LogP contribution in [0.5, 0.6) is 0 Å². The Labute approximate surface area is 157 Å². The molecule has 0 aliphatic heterocycles. The van der Waals surface area contributed by atoms with E-state index in [1.54, 1.807) is 60.7 Å². The van der Waals surface area contributed by atoms with Crippen molar-refractivity contribution in [3.63, 3.8) is 0 Å². The summed E-state index contributed by atoms with van der Waals surface area (Å²) in [4.78, 5) is 22.8. The number of carboxylic acid groups (broad SMARTS) is 2. The number of hydrogen-bond acceptors (Lipinski definition) is 4. The maximum atomic E-state index is 12.3. The highest BCUT2D eigenvalue weighted by Gasteiger charge is 2.29. The highest BCUT2D eigenvalue weighted by atomic mass is 32.2. The number of nitrogens with one attached hydrogen (secondary N) is 2. The largest absolute Gasteiger partial charge is 0.480 e.